The van der Waals surface area contributed by atoms with Gasteiger partial charge in [-0.15, -0.1) is 0 Å². The summed E-state index contributed by atoms with van der Waals surface area (Å²) < 4.78 is 5.18. The summed E-state index contributed by atoms with van der Waals surface area (Å²) in [5, 5.41) is 17.8. The van der Waals surface area contributed by atoms with Gasteiger partial charge >= 0.3 is 13.1 Å². The molecule has 1 aromatic carbocycles. The Kier molecular flexibility index (Phi) is 4.31. The molecular formula is C12H17BO4. The largest absolute Gasteiger partial charge is 0.488 e. The third kappa shape index (κ3) is 5.02. The number of ether oxygens (including phenoxy) is 1. The van der Waals surface area contributed by atoms with Gasteiger partial charge in [0.25, 0.3) is 0 Å². The fraction of sp³-hybridized carbons (Fsp3) is 0.417. The van der Waals surface area contributed by atoms with Crippen LogP contribution in [0.25, 0.3) is 0 Å². The number of carbonyl (C=O) groups excluding carboxylic acids is 1. The van der Waals surface area contributed by atoms with E-state index in [1.165, 1.54) is 0 Å². The molecular weight excluding hydrogens is 219 g/mol. The summed E-state index contributed by atoms with van der Waals surface area (Å²) in [7, 11) is -1.48. The molecule has 5 heteroatoms. The van der Waals surface area contributed by atoms with E-state index in [9.17, 15) is 4.79 Å². The Morgan fingerprint density at radius 3 is 2.18 bits per heavy atom. The Hall–Kier alpha value is -1.33. The molecule has 0 fully saturated rings. The first-order valence-corrected chi connectivity index (χ1v) is 5.45. The van der Waals surface area contributed by atoms with Gasteiger partial charge in [0, 0.05) is 0 Å². The molecule has 0 aliphatic rings. The molecule has 0 bridgehead atoms. The first-order chi connectivity index (χ1) is 7.78. The number of rotatable bonds is 3. The van der Waals surface area contributed by atoms with Crippen LogP contribution in [0.3, 0.4) is 0 Å². The van der Waals surface area contributed by atoms with E-state index in [1.54, 1.807) is 24.3 Å². The molecule has 0 atom stereocenters. The lowest BCUT2D eigenvalue weighted by atomic mass is 9.80. The molecule has 0 aliphatic carbocycles. The minimum atomic E-state index is -1.48. The van der Waals surface area contributed by atoms with E-state index in [4.69, 9.17) is 14.8 Å². The van der Waals surface area contributed by atoms with E-state index in [-0.39, 0.29) is 12.4 Å². The van der Waals surface area contributed by atoms with Gasteiger partial charge < -0.3 is 14.8 Å². The SMILES string of the molecule is CC(C)(C)OC(=O)Cc1ccc(B(O)O)cc1. The van der Waals surface area contributed by atoms with Crippen molar-refractivity contribution in [1.82, 2.24) is 0 Å². The van der Waals surface area contributed by atoms with Crippen LogP contribution in [0.2, 0.25) is 0 Å². The Morgan fingerprint density at radius 2 is 1.76 bits per heavy atom. The second kappa shape index (κ2) is 5.34. The van der Waals surface area contributed by atoms with Gasteiger partial charge in [-0.25, -0.2) is 0 Å². The van der Waals surface area contributed by atoms with Gasteiger partial charge in [-0.05, 0) is 31.8 Å². The van der Waals surface area contributed by atoms with Crippen molar-refractivity contribution in [2.45, 2.75) is 32.8 Å². The highest BCUT2D eigenvalue weighted by molar-refractivity contribution is 6.58. The molecule has 0 saturated heterocycles. The van der Waals surface area contributed by atoms with Crippen molar-refractivity contribution >= 4 is 18.6 Å². The third-order valence-corrected chi connectivity index (χ3v) is 2.05. The molecule has 0 aliphatic heterocycles. The fourth-order valence-electron chi connectivity index (χ4n) is 1.35. The van der Waals surface area contributed by atoms with Crippen LogP contribution in [0.1, 0.15) is 26.3 Å². The predicted octanol–water partition coefficient (Wildman–Crippen LogP) is 0.251. The van der Waals surface area contributed by atoms with Gasteiger partial charge in [-0.1, -0.05) is 24.3 Å². The van der Waals surface area contributed by atoms with E-state index >= 15 is 0 Å². The minimum absolute atomic E-state index is 0.180. The summed E-state index contributed by atoms with van der Waals surface area (Å²) in [6.45, 7) is 5.45. The van der Waals surface area contributed by atoms with Crippen LogP contribution < -0.4 is 5.46 Å². The average Bonchev–Trinajstić information content (AvgIpc) is 2.15. The van der Waals surface area contributed by atoms with Crippen LogP contribution in [-0.2, 0) is 16.0 Å². The van der Waals surface area contributed by atoms with E-state index in [0.717, 1.165) is 5.56 Å². The van der Waals surface area contributed by atoms with Gasteiger partial charge in [0.2, 0.25) is 0 Å². The first kappa shape index (κ1) is 13.7. The lowest BCUT2D eigenvalue weighted by Gasteiger charge is -2.19. The summed E-state index contributed by atoms with van der Waals surface area (Å²) in [6.07, 6.45) is 0.180. The topological polar surface area (TPSA) is 66.8 Å². The Bertz CT molecular complexity index is 378. The number of hydrogen-bond acceptors (Lipinski definition) is 4. The van der Waals surface area contributed by atoms with Crippen molar-refractivity contribution in [1.29, 1.82) is 0 Å². The van der Waals surface area contributed by atoms with E-state index in [0.29, 0.717) is 5.46 Å². The highest BCUT2D eigenvalue weighted by Gasteiger charge is 2.17. The Morgan fingerprint density at radius 1 is 1.24 bits per heavy atom. The van der Waals surface area contributed by atoms with E-state index < -0.39 is 12.7 Å². The second-order valence-corrected chi connectivity index (χ2v) is 4.88. The maximum Gasteiger partial charge on any atom is 0.488 e. The maximum atomic E-state index is 11.5. The van der Waals surface area contributed by atoms with Gasteiger partial charge in [0.05, 0.1) is 6.42 Å². The molecule has 0 unspecified atom stereocenters. The minimum Gasteiger partial charge on any atom is -0.460 e. The molecule has 17 heavy (non-hydrogen) atoms. The van der Waals surface area contributed by atoms with Gasteiger partial charge in [-0.3, -0.25) is 4.79 Å². The summed E-state index contributed by atoms with van der Waals surface area (Å²) in [6, 6.07) is 6.51. The van der Waals surface area contributed by atoms with Crippen LogP contribution in [0.5, 0.6) is 0 Å². The van der Waals surface area contributed by atoms with Crippen molar-refractivity contribution in [2.75, 3.05) is 0 Å². The van der Waals surface area contributed by atoms with Crippen LogP contribution in [0.4, 0.5) is 0 Å². The smallest absolute Gasteiger partial charge is 0.460 e. The molecule has 1 aromatic rings. The molecule has 1 rings (SSSR count). The maximum absolute atomic E-state index is 11.5. The zero-order valence-corrected chi connectivity index (χ0v) is 10.3. The molecule has 0 heterocycles. The fourth-order valence-corrected chi connectivity index (χ4v) is 1.35. The zero-order valence-electron chi connectivity index (χ0n) is 10.3. The standard InChI is InChI=1S/C12H17BO4/c1-12(2,3)17-11(14)8-9-4-6-10(7-5-9)13(15)16/h4-7,15-16H,8H2,1-3H3. The Balaban J connectivity index is 2.61. The lowest BCUT2D eigenvalue weighted by molar-refractivity contribution is -0.153. The van der Waals surface area contributed by atoms with Crippen molar-refractivity contribution in [2.24, 2.45) is 0 Å². The monoisotopic (exact) mass is 236 g/mol. The molecule has 92 valence electrons. The summed E-state index contributed by atoms with van der Waals surface area (Å²) >= 11 is 0. The number of benzene rings is 1. The molecule has 0 amide bonds. The number of carbonyl (C=O) groups is 1. The average molecular weight is 236 g/mol. The normalized spacial score (nSPS) is 11.1. The highest BCUT2D eigenvalue weighted by Crippen LogP contribution is 2.09. The molecule has 0 saturated carbocycles. The van der Waals surface area contributed by atoms with Crippen LogP contribution in [0, 0.1) is 0 Å². The molecule has 0 radical (unpaired) electrons. The quantitative estimate of drug-likeness (QED) is 0.583. The van der Waals surface area contributed by atoms with Crippen LogP contribution in [-0.4, -0.2) is 28.7 Å². The summed E-state index contributed by atoms with van der Waals surface area (Å²) in [5.41, 5.74) is 0.694. The van der Waals surface area contributed by atoms with Crippen LogP contribution >= 0.6 is 0 Å². The lowest BCUT2D eigenvalue weighted by Crippen LogP contribution is -2.29. The zero-order chi connectivity index (χ0) is 13.1. The number of hydrogen-bond donors (Lipinski definition) is 2. The first-order valence-electron chi connectivity index (χ1n) is 5.45. The van der Waals surface area contributed by atoms with Gasteiger partial charge in [0.1, 0.15) is 5.60 Å². The molecule has 0 aromatic heterocycles. The summed E-state index contributed by atoms with van der Waals surface area (Å²) in [5.74, 6) is -0.296. The van der Waals surface area contributed by atoms with Crippen molar-refractivity contribution in [3.05, 3.63) is 29.8 Å². The van der Waals surface area contributed by atoms with E-state index in [2.05, 4.69) is 0 Å². The molecule has 0 spiro atoms. The second-order valence-electron chi connectivity index (χ2n) is 4.88. The van der Waals surface area contributed by atoms with E-state index in [1.807, 2.05) is 20.8 Å². The predicted molar refractivity (Wildman–Crippen MR) is 65.8 cm³/mol. The summed E-state index contributed by atoms with van der Waals surface area (Å²) in [4.78, 5) is 11.5. The number of esters is 1. The van der Waals surface area contributed by atoms with Gasteiger partial charge in [-0.2, -0.15) is 0 Å². The van der Waals surface area contributed by atoms with Crippen molar-refractivity contribution in [3.63, 3.8) is 0 Å². The van der Waals surface area contributed by atoms with Crippen molar-refractivity contribution < 1.29 is 19.6 Å². The van der Waals surface area contributed by atoms with Crippen LogP contribution in [0.15, 0.2) is 24.3 Å². The van der Waals surface area contributed by atoms with Crippen molar-refractivity contribution in [3.8, 4) is 0 Å². The highest BCUT2D eigenvalue weighted by atomic mass is 16.6. The third-order valence-electron chi connectivity index (χ3n) is 2.05. The molecule has 4 nitrogen and oxygen atoms in total. The van der Waals surface area contributed by atoms with Gasteiger partial charge in [0.15, 0.2) is 0 Å². The Labute approximate surface area is 101 Å². The molecule has 2 N–H and O–H groups in total.